The zero-order valence-electron chi connectivity index (χ0n) is 8.48. The highest BCUT2D eigenvalue weighted by Gasteiger charge is 2.36. The summed E-state index contributed by atoms with van der Waals surface area (Å²) in [6.07, 6.45) is 5.10. The van der Waals surface area contributed by atoms with E-state index in [4.69, 9.17) is 0 Å². The number of hydrogen-bond acceptors (Lipinski definition) is 2. The number of thiophene rings is 1. The van der Waals surface area contributed by atoms with E-state index < -0.39 is 0 Å². The molecule has 1 aromatic heterocycles. The first-order chi connectivity index (χ1) is 6.78. The number of hydrogen-bond donors (Lipinski definition) is 1. The minimum atomic E-state index is 0.280. The lowest BCUT2D eigenvalue weighted by Gasteiger charge is -2.28. The minimum Gasteiger partial charge on any atom is -0.307 e. The SMILES string of the molecule is CCCC1(c2sccc2Br)CCCN1. The van der Waals surface area contributed by atoms with E-state index in [-0.39, 0.29) is 5.54 Å². The van der Waals surface area contributed by atoms with Crippen molar-refractivity contribution in [2.45, 2.75) is 38.1 Å². The number of nitrogens with one attached hydrogen (secondary N) is 1. The Morgan fingerprint density at radius 3 is 3.00 bits per heavy atom. The van der Waals surface area contributed by atoms with Crippen molar-refractivity contribution < 1.29 is 0 Å². The Hall–Kier alpha value is 0.140. The standard InChI is InChI=1S/C11H16BrNS/c1-2-5-11(6-3-7-13-11)10-9(12)4-8-14-10/h4,8,13H,2-3,5-7H2,1H3. The average molecular weight is 274 g/mol. The Balaban J connectivity index is 2.31. The Labute approximate surface area is 98.0 Å². The smallest absolute Gasteiger partial charge is 0.0540 e. The van der Waals surface area contributed by atoms with Gasteiger partial charge in [0.05, 0.1) is 5.54 Å². The van der Waals surface area contributed by atoms with Crippen molar-refractivity contribution in [3.63, 3.8) is 0 Å². The molecule has 1 aliphatic rings. The van der Waals surface area contributed by atoms with Crippen molar-refractivity contribution in [2.75, 3.05) is 6.54 Å². The van der Waals surface area contributed by atoms with Crippen LogP contribution in [0.4, 0.5) is 0 Å². The van der Waals surface area contributed by atoms with Crippen LogP contribution in [0.5, 0.6) is 0 Å². The van der Waals surface area contributed by atoms with Crippen molar-refractivity contribution in [1.29, 1.82) is 0 Å². The summed E-state index contributed by atoms with van der Waals surface area (Å²) >= 11 is 5.53. The normalized spacial score (nSPS) is 27.0. The maximum Gasteiger partial charge on any atom is 0.0540 e. The van der Waals surface area contributed by atoms with Gasteiger partial charge in [0.15, 0.2) is 0 Å². The Kier molecular flexibility index (Phi) is 3.30. The molecule has 14 heavy (non-hydrogen) atoms. The molecule has 1 fully saturated rings. The second-order valence-electron chi connectivity index (χ2n) is 3.96. The quantitative estimate of drug-likeness (QED) is 0.881. The van der Waals surface area contributed by atoms with E-state index in [9.17, 15) is 0 Å². The van der Waals surface area contributed by atoms with Crippen LogP contribution in [0, 0.1) is 0 Å². The van der Waals surface area contributed by atoms with Gasteiger partial charge in [0.2, 0.25) is 0 Å². The van der Waals surface area contributed by atoms with Crippen LogP contribution in [0.3, 0.4) is 0 Å². The Morgan fingerprint density at radius 1 is 1.64 bits per heavy atom. The molecule has 1 saturated heterocycles. The molecule has 1 aliphatic heterocycles. The van der Waals surface area contributed by atoms with Crippen LogP contribution >= 0.6 is 27.3 Å². The molecule has 78 valence electrons. The molecular weight excluding hydrogens is 258 g/mol. The monoisotopic (exact) mass is 273 g/mol. The summed E-state index contributed by atoms with van der Waals surface area (Å²) in [5, 5.41) is 5.87. The molecule has 2 rings (SSSR count). The zero-order valence-corrected chi connectivity index (χ0v) is 10.9. The van der Waals surface area contributed by atoms with Gasteiger partial charge in [0, 0.05) is 9.35 Å². The van der Waals surface area contributed by atoms with Crippen LogP contribution in [-0.2, 0) is 5.54 Å². The summed E-state index contributed by atoms with van der Waals surface area (Å²) in [7, 11) is 0. The first kappa shape index (κ1) is 10.7. The zero-order chi connectivity index (χ0) is 10.0. The molecule has 1 nitrogen and oxygen atoms in total. The van der Waals surface area contributed by atoms with Gasteiger partial charge < -0.3 is 5.32 Å². The van der Waals surface area contributed by atoms with Gasteiger partial charge in [-0.15, -0.1) is 11.3 Å². The largest absolute Gasteiger partial charge is 0.307 e. The summed E-state index contributed by atoms with van der Waals surface area (Å²) in [4.78, 5) is 1.50. The van der Waals surface area contributed by atoms with Gasteiger partial charge in [-0.3, -0.25) is 0 Å². The van der Waals surface area contributed by atoms with Crippen molar-refractivity contribution in [3.8, 4) is 0 Å². The highest BCUT2D eigenvalue weighted by Crippen LogP contribution is 2.41. The van der Waals surface area contributed by atoms with Crippen LogP contribution in [0.1, 0.15) is 37.5 Å². The Bertz CT molecular complexity index is 302. The van der Waals surface area contributed by atoms with Gasteiger partial charge in [-0.05, 0) is 53.2 Å². The van der Waals surface area contributed by atoms with E-state index in [0.29, 0.717) is 0 Å². The first-order valence-electron chi connectivity index (χ1n) is 5.27. The van der Waals surface area contributed by atoms with E-state index in [1.54, 1.807) is 0 Å². The molecule has 1 unspecified atom stereocenters. The van der Waals surface area contributed by atoms with Crippen LogP contribution in [-0.4, -0.2) is 6.54 Å². The molecule has 3 heteroatoms. The van der Waals surface area contributed by atoms with E-state index in [2.05, 4.69) is 39.6 Å². The summed E-state index contributed by atoms with van der Waals surface area (Å²) in [5.41, 5.74) is 0.280. The lowest BCUT2D eigenvalue weighted by atomic mass is 9.90. The molecule has 2 heterocycles. The van der Waals surface area contributed by atoms with Crippen LogP contribution < -0.4 is 5.32 Å². The highest BCUT2D eigenvalue weighted by molar-refractivity contribution is 9.10. The molecule has 0 amide bonds. The van der Waals surface area contributed by atoms with Crippen LogP contribution in [0.25, 0.3) is 0 Å². The molecule has 1 atom stereocenters. The predicted molar refractivity (Wildman–Crippen MR) is 65.8 cm³/mol. The van der Waals surface area contributed by atoms with E-state index in [1.165, 1.54) is 41.6 Å². The Morgan fingerprint density at radius 2 is 2.50 bits per heavy atom. The number of halogens is 1. The van der Waals surface area contributed by atoms with Gasteiger partial charge >= 0.3 is 0 Å². The molecule has 1 N–H and O–H groups in total. The molecule has 0 bridgehead atoms. The lowest BCUT2D eigenvalue weighted by molar-refractivity contribution is 0.362. The maximum absolute atomic E-state index is 3.69. The van der Waals surface area contributed by atoms with E-state index in [0.717, 1.165) is 0 Å². The minimum absolute atomic E-state index is 0.280. The summed E-state index contributed by atoms with van der Waals surface area (Å²) in [6.45, 7) is 3.44. The van der Waals surface area contributed by atoms with Gasteiger partial charge in [-0.2, -0.15) is 0 Å². The molecule has 0 aromatic carbocycles. The van der Waals surface area contributed by atoms with Crippen molar-refractivity contribution >= 4 is 27.3 Å². The van der Waals surface area contributed by atoms with Crippen LogP contribution in [0.15, 0.2) is 15.9 Å². The maximum atomic E-state index is 3.69. The van der Waals surface area contributed by atoms with Crippen molar-refractivity contribution in [1.82, 2.24) is 5.32 Å². The second kappa shape index (κ2) is 4.33. The van der Waals surface area contributed by atoms with Gasteiger partial charge in [0.1, 0.15) is 0 Å². The molecular formula is C11H16BrNS. The highest BCUT2D eigenvalue weighted by atomic mass is 79.9. The van der Waals surface area contributed by atoms with E-state index in [1.807, 2.05) is 11.3 Å². The van der Waals surface area contributed by atoms with Crippen molar-refractivity contribution in [2.24, 2.45) is 0 Å². The fourth-order valence-electron chi connectivity index (χ4n) is 2.39. The third kappa shape index (κ3) is 1.77. The third-order valence-electron chi connectivity index (χ3n) is 2.97. The van der Waals surface area contributed by atoms with Gasteiger partial charge in [-0.1, -0.05) is 13.3 Å². The van der Waals surface area contributed by atoms with Gasteiger partial charge in [0.25, 0.3) is 0 Å². The predicted octanol–water partition coefficient (Wildman–Crippen LogP) is 3.89. The fraction of sp³-hybridized carbons (Fsp3) is 0.636. The van der Waals surface area contributed by atoms with Crippen molar-refractivity contribution in [3.05, 3.63) is 20.8 Å². The summed E-state index contributed by atoms with van der Waals surface area (Å²) in [6, 6.07) is 2.16. The summed E-state index contributed by atoms with van der Waals surface area (Å²) in [5.74, 6) is 0. The van der Waals surface area contributed by atoms with Gasteiger partial charge in [-0.25, -0.2) is 0 Å². The molecule has 0 saturated carbocycles. The molecule has 0 spiro atoms. The average Bonchev–Trinajstić information content (AvgIpc) is 2.75. The number of rotatable bonds is 3. The second-order valence-corrected chi connectivity index (χ2v) is 5.73. The summed E-state index contributed by atoms with van der Waals surface area (Å²) < 4.78 is 1.28. The molecule has 0 aliphatic carbocycles. The topological polar surface area (TPSA) is 12.0 Å². The first-order valence-corrected chi connectivity index (χ1v) is 6.94. The third-order valence-corrected chi connectivity index (χ3v) is 5.01. The lowest BCUT2D eigenvalue weighted by Crippen LogP contribution is -2.35. The fourth-order valence-corrected chi connectivity index (χ4v) is 4.38. The van der Waals surface area contributed by atoms with E-state index >= 15 is 0 Å². The van der Waals surface area contributed by atoms with Crippen LogP contribution in [0.2, 0.25) is 0 Å². The molecule has 0 radical (unpaired) electrons. The molecule has 1 aromatic rings.